The van der Waals surface area contributed by atoms with Gasteiger partial charge in [-0.05, 0) is 64.0 Å². The zero-order chi connectivity index (χ0) is 29.7. The number of carboxylic acid groups (broad SMARTS) is 1. The summed E-state index contributed by atoms with van der Waals surface area (Å²) in [7, 11) is 0. The highest BCUT2D eigenvalue weighted by Crippen LogP contribution is 2.15. The lowest BCUT2D eigenvalue weighted by molar-refractivity contribution is -0.147. The molecule has 2 unspecified atom stereocenters. The molecule has 0 aliphatic rings. The van der Waals surface area contributed by atoms with Gasteiger partial charge in [-0.1, -0.05) is 103 Å². The molecule has 2 atom stereocenters. The fourth-order valence-corrected chi connectivity index (χ4v) is 4.77. The van der Waals surface area contributed by atoms with Gasteiger partial charge in [-0.2, -0.15) is 0 Å². The minimum atomic E-state index is -1.01. The van der Waals surface area contributed by atoms with Crippen LogP contribution in [0.3, 0.4) is 0 Å². The van der Waals surface area contributed by atoms with Crippen molar-refractivity contribution in [3.05, 3.63) is 12.2 Å². The molecule has 0 spiro atoms. The second-order valence-corrected chi connectivity index (χ2v) is 11.2. The molecule has 0 saturated carbocycles. The van der Waals surface area contributed by atoms with E-state index in [0.717, 1.165) is 44.9 Å². The van der Waals surface area contributed by atoms with Crippen molar-refractivity contribution in [3.8, 4) is 0 Å². The van der Waals surface area contributed by atoms with E-state index in [-0.39, 0.29) is 18.0 Å². The number of rotatable bonds is 29. The zero-order valence-electron chi connectivity index (χ0n) is 25.9. The molecule has 7 heteroatoms. The molecule has 0 aliphatic carbocycles. The number of ether oxygens (including phenoxy) is 1. The first-order valence-electron chi connectivity index (χ1n) is 16.5. The summed E-state index contributed by atoms with van der Waals surface area (Å²) in [6, 6.07) is -0.865. The van der Waals surface area contributed by atoms with Gasteiger partial charge in [0.15, 0.2) is 0 Å². The van der Waals surface area contributed by atoms with E-state index >= 15 is 0 Å². The third-order valence-corrected chi connectivity index (χ3v) is 7.32. The van der Waals surface area contributed by atoms with Gasteiger partial charge in [0.2, 0.25) is 5.91 Å². The van der Waals surface area contributed by atoms with Crippen molar-refractivity contribution in [1.82, 2.24) is 5.32 Å². The number of hydrogen-bond acceptors (Lipinski definition) is 5. The lowest BCUT2D eigenvalue weighted by Gasteiger charge is -2.15. The summed E-state index contributed by atoms with van der Waals surface area (Å²) in [4.78, 5) is 35.9. The maximum Gasteiger partial charge on any atom is 0.326 e. The standard InChI is InChI=1S/C33H62N2O5/c1-3-5-7-9-11-13-14-18-23-29(40-32(37)27-21-15-12-10-8-6-4-2)24-19-16-17-20-26-31(36)35-30(33(38)39)25-22-28-34/h18,23,29-30H,3-17,19-22,24-28,34H2,1-2H3,(H,35,36)(H,38,39)/b23-18-. The van der Waals surface area contributed by atoms with Crippen LogP contribution >= 0.6 is 0 Å². The maximum atomic E-state index is 12.5. The van der Waals surface area contributed by atoms with Crippen LogP contribution in [0.2, 0.25) is 0 Å². The molecule has 4 N–H and O–H groups in total. The van der Waals surface area contributed by atoms with E-state index in [9.17, 15) is 19.5 Å². The average Bonchev–Trinajstić information content (AvgIpc) is 2.93. The molecule has 0 aromatic carbocycles. The summed E-state index contributed by atoms with van der Waals surface area (Å²) in [5.41, 5.74) is 5.45. The number of aliphatic carboxylic acids is 1. The normalized spacial score (nSPS) is 12.9. The molecule has 7 nitrogen and oxygen atoms in total. The van der Waals surface area contributed by atoms with Gasteiger partial charge in [0, 0.05) is 12.8 Å². The number of carbonyl (C=O) groups excluding carboxylic acids is 2. The third-order valence-electron chi connectivity index (χ3n) is 7.32. The van der Waals surface area contributed by atoms with Crippen LogP contribution in [-0.4, -0.2) is 41.6 Å². The van der Waals surface area contributed by atoms with Crippen molar-refractivity contribution in [2.75, 3.05) is 6.54 Å². The Balaban J connectivity index is 4.38. The number of allylic oxidation sites excluding steroid dienone is 1. The molecule has 0 aromatic heterocycles. The SMILES string of the molecule is CCCCCCCC/C=C\C(CCCCCCC(=O)NC(CCCN)C(=O)O)OC(=O)CCCCCCCCC. The Morgan fingerprint density at radius 1 is 0.725 bits per heavy atom. The smallest absolute Gasteiger partial charge is 0.326 e. The van der Waals surface area contributed by atoms with Gasteiger partial charge in [0.1, 0.15) is 12.1 Å². The Morgan fingerprint density at radius 2 is 1.27 bits per heavy atom. The van der Waals surface area contributed by atoms with Crippen LogP contribution < -0.4 is 11.1 Å². The van der Waals surface area contributed by atoms with Crippen LogP contribution in [0.4, 0.5) is 0 Å². The number of carbonyl (C=O) groups is 3. The van der Waals surface area contributed by atoms with E-state index in [0.29, 0.717) is 38.6 Å². The van der Waals surface area contributed by atoms with Crippen molar-refractivity contribution < 1.29 is 24.2 Å². The molecule has 234 valence electrons. The summed E-state index contributed by atoms with van der Waals surface area (Å²) in [6.07, 6.45) is 27.0. The number of amides is 1. The van der Waals surface area contributed by atoms with Gasteiger partial charge in [-0.25, -0.2) is 4.79 Å². The monoisotopic (exact) mass is 566 g/mol. The van der Waals surface area contributed by atoms with Crippen molar-refractivity contribution in [1.29, 1.82) is 0 Å². The first-order valence-corrected chi connectivity index (χ1v) is 16.5. The molecule has 1 amide bonds. The summed E-state index contributed by atoms with van der Waals surface area (Å²) >= 11 is 0. The Kier molecular flexibility index (Phi) is 27.3. The second kappa shape index (κ2) is 28.6. The lowest BCUT2D eigenvalue weighted by atomic mass is 10.1. The Hall–Kier alpha value is -1.89. The Labute approximate surface area is 245 Å². The van der Waals surface area contributed by atoms with Crippen LogP contribution in [0.15, 0.2) is 12.2 Å². The molecular weight excluding hydrogens is 504 g/mol. The van der Waals surface area contributed by atoms with Gasteiger partial charge >= 0.3 is 11.9 Å². The van der Waals surface area contributed by atoms with Crippen LogP contribution in [0.5, 0.6) is 0 Å². The Bertz CT molecular complexity index is 653. The molecular formula is C33H62N2O5. The largest absolute Gasteiger partial charge is 0.480 e. The van der Waals surface area contributed by atoms with Crippen molar-refractivity contribution in [3.63, 3.8) is 0 Å². The number of hydrogen-bond donors (Lipinski definition) is 3. The molecule has 0 fully saturated rings. The lowest BCUT2D eigenvalue weighted by Crippen LogP contribution is -2.40. The summed E-state index contributed by atoms with van der Waals surface area (Å²) in [5, 5.41) is 11.8. The molecule has 40 heavy (non-hydrogen) atoms. The van der Waals surface area contributed by atoms with Crippen LogP contribution in [0, 0.1) is 0 Å². The second-order valence-electron chi connectivity index (χ2n) is 11.2. The predicted octanol–water partition coefficient (Wildman–Crippen LogP) is 7.99. The molecule has 0 heterocycles. The van der Waals surface area contributed by atoms with E-state index in [1.54, 1.807) is 0 Å². The minimum absolute atomic E-state index is 0.0953. The molecule has 0 aromatic rings. The predicted molar refractivity (Wildman–Crippen MR) is 165 cm³/mol. The number of esters is 1. The van der Waals surface area contributed by atoms with Crippen LogP contribution in [-0.2, 0) is 19.1 Å². The third kappa shape index (κ3) is 25.1. The highest BCUT2D eigenvalue weighted by atomic mass is 16.5. The molecule has 0 aliphatic heterocycles. The van der Waals surface area contributed by atoms with Gasteiger partial charge in [0.05, 0.1) is 0 Å². The van der Waals surface area contributed by atoms with E-state index in [1.165, 1.54) is 70.6 Å². The van der Waals surface area contributed by atoms with Gasteiger partial charge < -0.3 is 20.9 Å². The topological polar surface area (TPSA) is 119 Å². The molecule has 0 bridgehead atoms. The number of carboxylic acids is 1. The fourth-order valence-electron chi connectivity index (χ4n) is 4.77. The summed E-state index contributed by atoms with van der Waals surface area (Å²) in [6.45, 7) is 4.86. The molecule has 0 radical (unpaired) electrons. The highest BCUT2D eigenvalue weighted by Gasteiger charge is 2.18. The van der Waals surface area contributed by atoms with Crippen molar-refractivity contribution >= 4 is 17.8 Å². The number of nitrogens with two attached hydrogens (primary N) is 1. The van der Waals surface area contributed by atoms with Gasteiger partial charge in [0.25, 0.3) is 0 Å². The zero-order valence-corrected chi connectivity index (χ0v) is 25.9. The van der Waals surface area contributed by atoms with E-state index in [2.05, 4.69) is 31.3 Å². The maximum absolute atomic E-state index is 12.5. The fraction of sp³-hybridized carbons (Fsp3) is 0.848. The van der Waals surface area contributed by atoms with E-state index in [4.69, 9.17) is 10.5 Å². The van der Waals surface area contributed by atoms with E-state index < -0.39 is 12.0 Å². The summed E-state index contributed by atoms with van der Waals surface area (Å²) in [5.74, 6) is -1.33. The minimum Gasteiger partial charge on any atom is -0.480 e. The first kappa shape index (κ1) is 38.1. The molecule has 0 saturated heterocycles. The number of unbranched alkanes of at least 4 members (excludes halogenated alkanes) is 15. The van der Waals surface area contributed by atoms with Crippen molar-refractivity contribution in [2.45, 2.75) is 174 Å². The van der Waals surface area contributed by atoms with Gasteiger partial charge in [-0.3, -0.25) is 9.59 Å². The van der Waals surface area contributed by atoms with Crippen LogP contribution in [0.25, 0.3) is 0 Å². The van der Waals surface area contributed by atoms with E-state index in [1.807, 2.05) is 0 Å². The summed E-state index contributed by atoms with van der Waals surface area (Å²) < 4.78 is 5.84. The number of nitrogens with one attached hydrogen (secondary N) is 1. The van der Waals surface area contributed by atoms with Crippen LogP contribution in [0.1, 0.15) is 162 Å². The van der Waals surface area contributed by atoms with Crippen molar-refractivity contribution in [2.24, 2.45) is 5.73 Å². The molecule has 0 rings (SSSR count). The highest BCUT2D eigenvalue weighted by molar-refractivity contribution is 5.83. The van der Waals surface area contributed by atoms with Gasteiger partial charge in [-0.15, -0.1) is 0 Å². The quantitative estimate of drug-likeness (QED) is 0.0479. The Morgan fingerprint density at radius 3 is 1.88 bits per heavy atom. The first-order chi connectivity index (χ1) is 19.4. The average molecular weight is 567 g/mol.